The lowest BCUT2D eigenvalue weighted by molar-refractivity contribution is -0.172. The van der Waals surface area contributed by atoms with Gasteiger partial charge in [-0.1, -0.05) is 6.58 Å². The molecule has 2 aromatic rings. The summed E-state index contributed by atoms with van der Waals surface area (Å²) in [6, 6.07) is -0.474. The van der Waals surface area contributed by atoms with Crippen LogP contribution >= 0.6 is 0 Å². The monoisotopic (exact) mass is 680 g/mol. The molecule has 1 atom stereocenters. The quantitative estimate of drug-likeness (QED) is 0.215. The second-order valence-electron chi connectivity index (χ2n) is 12.5. The molecule has 2 fully saturated rings. The van der Waals surface area contributed by atoms with Gasteiger partial charge in [-0.3, -0.25) is 9.69 Å². The summed E-state index contributed by atoms with van der Waals surface area (Å²) in [5.41, 5.74) is 1.73. The van der Waals surface area contributed by atoms with Gasteiger partial charge in [0.15, 0.2) is 0 Å². The van der Waals surface area contributed by atoms with Crippen molar-refractivity contribution in [2.24, 2.45) is 0 Å². The number of fused-ring (bicyclic) bond motifs is 1. The van der Waals surface area contributed by atoms with E-state index in [-0.39, 0.29) is 30.2 Å². The van der Waals surface area contributed by atoms with Crippen LogP contribution in [-0.2, 0) is 11.3 Å². The van der Waals surface area contributed by atoms with E-state index in [9.17, 15) is 31.5 Å². The van der Waals surface area contributed by atoms with Crippen molar-refractivity contribution in [3.8, 4) is 5.75 Å². The van der Waals surface area contributed by atoms with Crippen molar-refractivity contribution in [1.82, 2.24) is 19.8 Å². The van der Waals surface area contributed by atoms with E-state index in [1.54, 1.807) is 12.1 Å². The van der Waals surface area contributed by atoms with Gasteiger partial charge in [0, 0.05) is 56.8 Å². The van der Waals surface area contributed by atoms with Crippen LogP contribution in [0.1, 0.15) is 51.0 Å². The molecule has 5 rings (SSSR count). The van der Waals surface area contributed by atoms with Gasteiger partial charge in [0.2, 0.25) is 17.8 Å². The van der Waals surface area contributed by atoms with Crippen LogP contribution < -0.4 is 25.2 Å². The maximum atomic E-state index is 14.1. The van der Waals surface area contributed by atoms with E-state index in [0.717, 1.165) is 50.4 Å². The molecule has 3 heterocycles. The summed E-state index contributed by atoms with van der Waals surface area (Å²) in [7, 11) is 3.38. The number of urea groups is 1. The summed E-state index contributed by atoms with van der Waals surface area (Å²) in [5, 5.41) is 5.88. The Morgan fingerprint density at radius 3 is 2.52 bits per heavy atom. The highest BCUT2D eigenvalue weighted by Gasteiger charge is 2.48. The van der Waals surface area contributed by atoms with E-state index in [4.69, 9.17) is 4.74 Å². The van der Waals surface area contributed by atoms with Crippen LogP contribution in [0.2, 0.25) is 0 Å². The van der Waals surface area contributed by atoms with Crippen molar-refractivity contribution in [3.63, 3.8) is 0 Å². The van der Waals surface area contributed by atoms with Crippen LogP contribution in [0.5, 0.6) is 5.75 Å². The highest BCUT2D eigenvalue weighted by atomic mass is 19.4. The molecule has 3 aliphatic rings. The van der Waals surface area contributed by atoms with Crippen LogP contribution in [0.15, 0.2) is 31.0 Å². The van der Waals surface area contributed by atoms with Gasteiger partial charge in [0.25, 0.3) is 0 Å². The summed E-state index contributed by atoms with van der Waals surface area (Å²) >= 11 is 0. The summed E-state index contributed by atoms with van der Waals surface area (Å²) in [6.07, 6.45) is -1.12. The molecule has 0 spiro atoms. The number of rotatable bonds is 11. The van der Waals surface area contributed by atoms with Gasteiger partial charge >= 0.3 is 12.2 Å². The molecule has 48 heavy (non-hydrogen) atoms. The molecule has 0 unspecified atom stereocenters. The molecule has 1 aliphatic carbocycles. The number of aromatic nitrogens is 2. The minimum Gasteiger partial charge on any atom is -0.494 e. The minimum absolute atomic E-state index is 0.0144. The third-order valence-electron chi connectivity index (χ3n) is 9.22. The first kappa shape index (κ1) is 35.1. The fraction of sp³-hybridized carbons (Fsp3) is 0.562. The average molecular weight is 681 g/mol. The van der Waals surface area contributed by atoms with Gasteiger partial charge in [-0.05, 0) is 57.8 Å². The Balaban J connectivity index is 1.48. The third kappa shape index (κ3) is 7.74. The van der Waals surface area contributed by atoms with Gasteiger partial charge < -0.3 is 30.1 Å². The van der Waals surface area contributed by atoms with Crippen LogP contribution in [-0.4, -0.2) is 96.2 Å². The second kappa shape index (κ2) is 14.1. The van der Waals surface area contributed by atoms with E-state index >= 15 is 0 Å². The first-order valence-electron chi connectivity index (χ1n) is 16.0. The van der Waals surface area contributed by atoms with Crippen molar-refractivity contribution in [2.45, 2.75) is 76.2 Å². The number of carbonyl (C=O) groups is 2. The van der Waals surface area contributed by atoms with Crippen molar-refractivity contribution >= 4 is 40.8 Å². The number of likely N-dealkylation sites (N-methyl/N-ethyl adjacent to an activating group) is 1. The third-order valence-corrected chi connectivity index (χ3v) is 9.22. The molecule has 1 aromatic carbocycles. The molecule has 1 saturated carbocycles. The maximum Gasteiger partial charge on any atom is 0.408 e. The lowest BCUT2D eigenvalue weighted by Crippen LogP contribution is -2.58. The predicted octanol–water partition coefficient (Wildman–Crippen LogP) is 6.16. The minimum atomic E-state index is -4.70. The van der Waals surface area contributed by atoms with Gasteiger partial charge in [-0.25, -0.2) is 18.6 Å². The Labute approximate surface area is 276 Å². The van der Waals surface area contributed by atoms with Gasteiger partial charge in [0.1, 0.15) is 17.6 Å². The number of alkyl halides is 5. The zero-order chi connectivity index (χ0) is 34.8. The van der Waals surface area contributed by atoms with E-state index < -0.39 is 55.5 Å². The van der Waals surface area contributed by atoms with Gasteiger partial charge in [-0.15, -0.1) is 0 Å². The molecule has 16 heteroatoms. The maximum absolute atomic E-state index is 14.1. The van der Waals surface area contributed by atoms with E-state index in [1.807, 2.05) is 11.9 Å². The molecular formula is C32H41F5N8O3. The number of ether oxygens (including phenoxy) is 1. The fourth-order valence-corrected chi connectivity index (χ4v) is 6.32. The normalized spacial score (nSPS) is 19.1. The van der Waals surface area contributed by atoms with Gasteiger partial charge in [0.05, 0.1) is 30.7 Å². The van der Waals surface area contributed by atoms with Crippen molar-refractivity contribution in [3.05, 3.63) is 36.5 Å². The zero-order valence-electron chi connectivity index (χ0n) is 27.2. The molecule has 1 aromatic heterocycles. The van der Waals surface area contributed by atoms with Gasteiger partial charge in [-0.2, -0.15) is 18.2 Å². The van der Waals surface area contributed by atoms with Crippen molar-refractivity contribution < 1.29 is 36.3 Å². The van der Waals surface area contributed by atoms with E-state index in [0.29, 0.717) is 34.3 Å². The molecule has 2 N–H and O–H groups in total. The Kier molecular flexibility index (Phi) is 10.3. The summed E-state index contributed by atoms with van der Waals surface area (Å²) in [6.45, 7) is 7.61. The smallest absolute Gasteiger partial charge is 0.408 e. The first-order chi connectivity index (χ1) is 22.7. The molecule has 11 nitrogen and oxygen atoms in total. The fourth-order valence-electron chi connectivity index (χ4n) is 6.32. The topological polar surface area (TPSA) is 106 Å². The number of hydrogen-bond acceptors (Lipinski definition) is 8. The number of hydrogen-bond donors (Lipinski definition) is 2. The zero-order valence-corrected chi connectivity index (χ0v) is 27.2. The lowest BCUT2D eigenvalue weighted by atomic mass is 9.90. The number of anilines is 5. The molecule has 1 saturated heterocycles. The standard InChI is InChI=1S/C32H41F5N8O3/c1-5-27(46)39-23-16-24(26(48-4)17-25(23)42(3)14-15-43-12-6-7-13-43)40-29-38-18-21-19-44(20(2)32(35,36)37)30(47)45(28(21)41-29)22-8-10-31(33,34)11-9-22/h5,16-18,20,22H,1,6-15,19H2,2-4H3,(H,39,46)(H,38,40,41)/t20-/m0/s1. The largest absolute Gasteiger partial charge is 0.494 e. The number of nitrogens with zero attached hydrogens (tertiary/aromatic N) is 6. The summed E-state index contributed by atoms with van der Waals surface area (Å²) in [5.74, 6) is -2.94. The summed E-state index contributed by atoms with van der Waals surface area (Å²) in [4.78, 5) is 41.0. The van der Waals surface area contributed by atoms with Crippen LogP contribution in [0, 0.1) is 0 Å². The number of amides is 3. The molecule has 0 radical (unpaired) electrons. The van der Waals surface area contributed by atoms with Crippen LogP contribution in [0.25, 0.3) is 0 Å². The van der Waals surface area contributed by atoms with E-state index in [2.05, 4.69) is 32.1 Å². The molecule has 3 amide bonds. The van der Waals surface area contributed by atoms with E-state index in [1.165, 1.54) is 13.3 Å². The Bertz CT molecular complexity index is 1510. The first-order valence-corrected chi connectivity index (χ1v) is 16.0. The summed E-state index contributed by atoms with van der Waals surface area (Å²) < 4.78 is 75.1. The Hall–Kier alpha value is -4.21. The number of likely N-dealkylation sites (tertiary alicyclic amines) is 1. The van der Waals surface area contributed by atoms with Crippen molar-refractivity contribution in [1.29, 1.82) is 0 Å². The second-order valence-corrected chi connectivity index (χ2v) is 12.5. The average Bonchev–Trinajstić information content (AvgIpc) is 3.57. The van der Waals surface area contributed by atoms with Crippen molar-refractivity contribution in [2.75, 3.05) is 60.8 Å². The number of halogens is 5. The lowest BCUT2D eigenvalue weighted by Gasteiger charge is -2.44. The molecular weight excluding hydrogens is 639 g/mol. The van der Waals surface area contributed by atoms with Crippen LogP contribution in [0.4, 0.5) is 55.6 Å². The Morgan fingerprint density at radius 2 is 1.90 bits per heavy atom. The number of benzene rings is 1. The highest BCUT2D eigenvalue weighted by molar-refractivity contribution is 6.02. The molecule has 2 aliphatic heterocycles. The number of nitrogens with one attached hydrogen (secondary N) is 2. The number of carbonyl (C=O) groups excluding carboxylic acids is 2. The SMILES string of the molecule is C=CC(=O)Nc1cc(Nc2ncc3c(n2)N(C2CCC(F)(F)CC2)C(=O)N([C@@H](C)C(F)(F)F)C3)c(OC)cc1N(C)CCN1CCCC1. The Morgan fingerprint density at radius 1 is 1.21 bits per heavy atom. The number of methoxy groups -OCH3 is 1. The highest BCUT2D eigenvalue weighted by Crippen LogP contribution is 2.42. The predicted molar refractivity (Wildman–Crippen MR) is 172 cm³/mol. The molecule has 262 valence electrons. The molecule has 0 bridgehead atoms. The van der Waals surface area contributed by atoms with Crippen LogP contribution in [0.3, 0.4) is 0 Å².